The van der Waals surface area contributed by atoms with E-state index in [2.05, 4.69) is 12.2 Å². The van der Waals surface area contributed by atoms with Gasteiger partial charge >= 0.3 is 5.97 Å². The largest absolute Gasteiger partial charge is 0.458 e. The van der Waals surface area contributed by atoms with Crippen LogP contribution in [0.5, 0.6) is 0 Å². The number of benzene rings is 4. The molecule has 37 heavy (non-hydrogen) atoms. The molecule has 0 aliphatic rings. The SMILES string of the molecule is CC(C)(C)OC(=O)[C@@H](N=C(c1ccccc1)c1ccccc1)[C@H](/C=C/c1ccccc1)c1ccccc1. The summed E-state index contributed by atoms with van der Waals surface area (Å²) in [6.07, 6.45) is 4.12. The highest BCUT2D eigenvalue weighted by Crippen LogP contribution is 2.29. The molecule has 0 spiro atoms. The molecular formula is C34H33NO2. The van der Waals surface area contributed by atoms with Crippen molar-refractivity contribution in [2.75, 3.05) is 0 Å². The van der Waals surface area contributed by atoms with Crippen LogP contribution in [0.3, 0.4) is 0 Å². The predicted molar refractivity (Wildman–Crippen MR) is 153 cm³/mol. The Morgan fingerprint density at radius 2 is 1.16 bits per heavy atom. The molecule has 0 saturated carbocycles. The standard InChI is InChI=1S/C34H33NO2/c1-34(2,3)37-33(36)32(35-31(28-20-12-6-13-21-28)29-22-14-7-15-23-29)30(27-18-10-5-11-19-27)25-24-26-16-8-4-9-17-26/h4-25,30,32H,1-3H3/b25-24+/t30-,32+/m1/s1. The minimum atomic E-state index is -0.794. The number of esters is 1. The molecule has 0 N–H and O–H groups in total. The van der Waals surface area contributed by atoms with E-state index in [0.29, 0.717) is 0 Å². The van der Waals surface area contributed by atoms with Gasteiger partial charge in [-0.3, -0.25) is 4.99 Å². The van der Waals surface area contributed by atoms with Crippen LogP contribution in [0.2, 0.25) is 0 Å². The maximum absolute atomic E-state index is 13.8. The van der Waals surface area contributed by atoms with E-state index in [-0.39, 0.29) is 11.9 Å². The van der Waals surface area contributed by atoms with E-state index < -0.39 is 11.6 Å². The zero-order chi connectivity index (χ0) is 26.1. The Bertz CT molecular complexity index is 1280. The Labute approximate surface area is 220 Å². The van der Waals surface area contributed by atoms with Crippen molar-refractivity contribution in [3.8, 4) is 0 Å². The van der Waals surface area contributed by atoms with Gasteiger partial charge in [-0.15, -0.1) is 0 Å². The first-order valence-electron chi connectivity index (χ1n) is 12.6. The van der Waals surface area contributed by atoms with Gasteiger partial charge < -0.3 is 4.74 Å². The van der Waals surface area contributed by atoms with Crippen LogP contribution >= 0.6 is 0 Å². The highest BCUT2D eigenvalue weighted by Gasteiger charge is 2.32. The van der Waals surface area contributed by atoms with Gasteiger partial charge in [0, 0.05) is 17.0 Å². The number of carbonyl (C=O) groups excluding carboxylic acids is 1. The molecule has 4 aromatic rings. The lowest BCUT2D eigenvalue weighted by Crippen LogP contribution is -2.35. The number of ether oxygens (including phenoxy) is 1. The van der Waals surface area contributed by atoms with Crippen molar-refractivity contribution < 1.29 is 9.53 Å². The fourth-order valence-corrected chi connectivity index (χ4v) is 4.14. The molecule has 0 bridgehead atoms. The molecule has 4 aromatic carbocycles. The van der Waals surface area contributed by atoms with Gasteiger partial charge in [0.25, 0.3) is 0 Å². The van der Waals surface area contributed by atoms with Crippen LogP contribution < -0.4 is 0 Å². The van der Waals surface area contributed by atoms with Crippen LogP contribution in [0.25, 0.3) is 6.08 Å². The number of carbonyl (C=O) groups is 1. The van der Waals surface area contributed by atoms with E-state index in [1.165, 1.54) is 0 Å². The molecule has 0 amide bonds. The van der Waals surface area contributed by atoms with Crippen molar-refractivity contribution in [3.05, 3.63) is 150 Å². The first kappa shape index (κ1) is 25.8. The molecule has 3 nitrogen and oxygen atoms in total. The summed E-state index contributed by atoms with van der Waals surface area (Å²) in [7, 11) is 0. The molecule has 0 unspecified atom stereocenters. The van der Waals surface area contributed by atoms with Gasteiger partial charge in [-0.1, -0.05) is 133 Å². The zero-order valence-corrected chi connectivity index (χ0v) is 21.6. The lowest BCUT2D eigenvalue weighted by molar-refractivity contribution is -0.156. The van der Waals surface area contributed by atoms with Gasteiger partial charge in [0.1, 0.15) is 5.60 Å². The third-order valence-corrected chi connectivity index (χ3v) is 5.83. The van der Waals surface area contributed by atoms with Crippen molar-refractivity contribution in [2.45, 2.75) is 38.3 Å². The third kappa shape index (κ3) is 7.37. The van der Waals surface area contributed by atoms with Crippen molar-refractivity contribution >= 4 is 17.8 Å². The summed E-state index contributed by atoms with van der Waals surface area (Å²) < 4.78 is 5.95. The predicted octanol–water partition coefficient (Wildman–Crippen LogP) is 7.73. The molecule has 0 aliphatic heterocycles. The van der Waals surface area contributed by atoms with Crippen LogP contribution in [0, 0.1) is 0 Å². The number of aliphatic imine (C=N–C) groups is 1. The highest BCUT2D eigenvalue weighted by molar-refractivity contribution is 6.13. The first-order valence-corrected chi connectivity index (χ1v) is 12.6. The fraction of sp³-hybridized carbons (Fsp3) is 0.176. The lowest BCUT2D eigenvalue weighted by Gasteiger charge is -2.27. The third-order valence-electron chi connectivity index (χ3n) is 5.83. The second kappa shape index (κ2) is 12.1. The van der Waals surface area contributed by atoms with Gasteiger partial charge in [0.05, 0.1) is 5.71 Å². The molecule has 0 saturated heterocycles. The van der Waals surface area contributed by atoms with Crippen molar-refractivity contribution in [1.29, 1.82) is 0 Å². The van der Waals surface area contributed by atoms with Crippen LogP contribution in [0.4, 0.5) is 0 Å². The molecule has 0 radical (unpaired) electrons. The Kier molecular flexibility index (Phi) is 8.48. The smallest absolute Gasteiger partial charge is 0.332 e. The molecule has 3 heteroatoms. The Balaban J connectivity index is 1.89. The van der Waals surface area contributed by atoms with E-state index in [1.807, 2.05) is 142 Å². The topological polar surface area (TPSA) is 38.7 Å². The average Bonchev–Trinajstić information content (AvgIpc) is 2.91. The number of rotatable bonds is 8. The minimum Gasteiger partial charge on any atom is -0.458 e. The molecule has 2 atom stereocenters. The summed E-state index contributed by atoms with van der Waals surface area (Å²) >= 11 is 0. The van der Waals surface area contributed by atoms with E-state index in [1.54, 1.807) is 0 Å². The Morgan fingerprint density at radius 3 is 1.65 bits per heavy atom. The van der Waals surface area contributed by atoms with E-state index >= 15 is 0 Å². The summed E-state index contributed by atoms with van der Waals surface area (Å²) in [4.78, 5) is 19.0. The maximum atomic E-state index is 13.8. The summed E-state index contributed by atoms with van der Waals surface area (Å²) in [5.74, 6) is -0.692. The van der Waals surface area contributed by atoms with Crippen molar-refractivity contribution in [1.82, 2.24) is 0 Å². The normalized spacial score (nSPS) is 13.1. The molecular weight excluding hydrogens is 454 g/mol. The van der Waals surface area contributed by atoms with Gasteiger partial charge in [0.2, 0.25) is 0 Å². The lowest BCUT2D eigenvalue weighted by atomic mass is 9.89. The van der Waals surface area contributed by atoms with Crippen LogP contribution in [0.15, 0.2) is 132 Å². The Morgan fingerprint density at radius 1 is 0.703 bits per heavy atom. The molecule has 0 aliphatic carbocycles. The van der Waals surface area contributed by atoms with Crippen molar-refractivity contribution in [3.63, 3.8) is 0 Å². The molecule has 0 aromatic heterocycles. The second-order valence-electron chi connectivity index (χ2n) is 9.89. The Hall–Kier alpha value is -4.24. The van der Waals surface area contributed by atoms with Crippen molar-refractivity contribution in [2.24, 2.45) is 4.99 Å². The molecule has 0 heterocycles. The minimum absolute atomic E-state index is 0.335. The summed E-state index contributed by atoms with van der Waals surface area (Å²) in [5, 5.41) is 0. The molecule has 4 rings (SSSR count). The summed E-state index contributed by atoms with van der Waals surface area (Å²) in [6, 6.07) is 39.3. The highest BCUT2D eigenvalue weighted by atomic mass is 16.6. The molecule has 186 valence electrons. The summed E-state index contributed by atoms with van der Waals surface area (Å²) in [6.45, 7) is 5.66. The monoisotopic (exact) mass is 487 g/mol. The number of hydrogen-bond acceptors (Lipinski definition) is 3. The molecule has 0 fully saturated rings. The quantitative estimate of drug-likeness (QED) is 0.188. The second-order valence-corrected chi connectivity index (χ2v) is 9.89. The van der Waals surface area contributed by atoms with Gasteiger partial charge in [-0.25, -0.2) is 4.79 Å². The van der Waals surface area contributed by atoms with Gasteiger partial charge in [0.15, 0.2) is 6.04 Å². The number of nitrogens with zero attached hydrogens (tertiary/aromatic N) is 1. The van der Waals surface area contributed by atoms with Gasteiger partial charge in [-0.05, 0) is 31.9 Å². The maximum Gasteiger partial charge on any atom is 0.332 e. The van der Waals surface area contributed by atoms with Crippen LogP contribution in [-0.4, -0.2) is 23.3 Å². The fourth-order valence-electron chi connectivity index (χ4n) is 4.14. The zero-order valence-electron chi connectivity index (χ0n) is 21.6. The van der Waals surface area contributed by atoms with Crippen LogP contribution in [0.1, 0.15) is 48.9 Å². The van der Waals surface area contributed by atoms with Gasteiger partial charge in [-0.2, -0.15) is 0 Å². The number of hydrogen-bond donors (Lipinski definition) is 0. The first-order chi connectivity index (χ1) is 17.9. The average molecular weight is 488 g/mol. The summed E-state index contributed by atoms with van der Waals surface area (Å²) in [5.41, 5.74) is 4.05. The van der Waals surface area contributed by atoms with E-state index in [0.717, 1.165) is 28.0 Å². The van der Waals surface area contributed by atoms with Crippen LogP contribution in [-0.2, 0) is 9.53 Å². The van der Waals surface area contributed by atoms with E-state index in [9.17, 15) is 4.79 Å². The van der Waals surface area contributed by atoms with E-state index in [4.69, 9.17) is 9.73 Å².